The van der Waals surface area contributed by atoms with Crippen molar-refractivity contribution in [2.45, 2.75) is 12.6 Å². The molecule has 1 fully saturated rings. The van der Waals surface area contributed by atoms with E-state index in [4.69, 9.17) is 4.74 Å². The Morgan fingerprint density at radius 2 is 2.21 bits per heavy atom. The van der Waals surface area contributed by atoms with Gasteiger partial charge in [0.25, 0.3) is 0 Å². The Morgan fingerprint density at radius 1 is 1.37 bits per heavy atom. The third-order valence-electron chi connectivity index (χ3n) is 3.32. The quantitative estimate of drug-likeness (QED) is 0.945. The van der Waals surface area contributed by atoms with Gasteiger partial charge in [0.2, 0.25) is 0 Å². The second-order valence-corrected chi connectivity index (χ2v) is 5.60. The second-order valence-electron chi connectivity index (χ2n) is 4.68. The van der Waals surface area contributed by atoms with E-state index in [2.05, 4.69) is 55.1 Å². The van der Waals surface area contributed by atoms with Crippen molar-refractivity contribution in [1.82, 2.24) is 14.9 Å². The van der Waals surface area contributed by atoms with Gasteiger partial charge in [-0.3, -0.25) is 4.90 Å². The SMILES string of the molecule is Brc1ccc([C@H]2CN(Cc3ncc[nH]3)CCO2)cc1. The molecule has 1 aliphatic rings. The van der Waals surface area contributed by atoms with Gasteiger partial charge in [0.15, 0.2) is 0 Å². The zero-order chi connectivity index (χ0) is 13.1. The molecule has 2 aromatic rings. The Labute approximate surface area is 120 Å². The molecule has 5 heteroatoms. The van der Waals surface area contributed by atoms with E-state index in [1.54, 1.807) is 6.20 Å². The van der Waals surface area contributed by atoms with Crippen LogP contribution in [0.15, 0.2) is 41.1 Å². The van der Waals surface area contributed by atoms with Crippen LogP contribution in [0.5, 0.6) is 0 Å². The molecule has 1 atom stereocenters. The summed E-state index contributed by atoms with van der Waals surface area (Å²) in [6.45, 7) is 3.47. The molecule has 1 N–H and O–H groups in total. The van der Waals surface area contributed by atoms with E-state index in [9.17, 15) is 0 Å². The standard InChI is InChI=1S/C14H16BrN3O/c15-12-3-1-11(2-4-12)13-9-18(7-8-19-13)10-14-16-5-6-17-14/h1-6,13H,7-10H2,(H,16,17)/t13-/m1/s1. The Kier molecular flexibility index (Phi) is 3.96. The number of nitrogens with one attached hydrogen (secondary N) is 1. The smallest absolute Gasteiger partial charge is 0.120 e. The highest BCUT2D eigenvalue weighted by atomic mass is 79.9. The van der Waals surface area contributed by atoms with Crippen LogP contribution in [0.3, 0.4) is 0 Å². The summed E-state index contributed by atoms with van der Waals surface area (Å²) in [5, 5.41) is 0. The molecule has 1 aromatic carbocycles. The first kappa shape index (κ1) is 12.8. The Morgan fingerprint density at radius 3 is 2.95 bits per heavy atom. The zero-order valence-electron chi connectivity index (χ0n) is 10.6. The topological polar surface area (TPSA) is 41.2 Å². The predicted molar refractivity (Wildman–Crippen MR) is 76.7 cm³/mol. The highest BCUT2D eigenvalue weighted by Crippen LogP contribution is 2.24. The van der Waals surface area contributed by atoms with E-state index in [1.807, 2.05) is 6.20 Å². The Balaban J connectivity index is 1.66. The number of aromatic amines is 1. The monoisotopic (exact) mass is 321 g/mol. The molecule has 0 spiro atoms. The first-order chi connectivity index (χ1) is 9.31. The number of hydrogen-bond donors (Lipinski definition) is 1. The minimum atomic E-state index is 0.150. The average Bonchev–Trinajstić information content (AvgIpc) is 2.93. The molecule has 1 aromatic heterocycles. The molecule has 100 valence electrons. The summed E-state index contributed by atoms with van der Waals surface area (Å²) in [6.07, 6.45) is 3.81. The molecule has 0 saturated carbocycles. The number of morpholine rings is 1. The number of nitrogens with zero attached hydrogens (tertiary/aromatic N) is 2. The minimum Gasteiger partial charge on any atom is -0.371 e. The first-order valence-electron chi connectivity index (χ1n) is 6.39. The van der Waals surface area contributed by atoms with Gasteiger partial charge in [-0.15, -0.1) is 0 Å². The van der Waals surface area contributed by atoms with Gasteiger partial charge >= 0.3 is 0 Å². The first-order valence-corrected chi connectivity index (χ1v) is 7.18. The summed E-state index contributed by atoms with van der Waals surface area (Å²) in [4.78, 5) is 9.79. The van der Waals surface area contributed by atoms with Crippen molar-refractivity contribution in [1.29, 1.82) is 0 Å². The fourth-order valence-electron chi connectivity index (χ4n) is 2.32. The van der Waals surface area contributed by atoms with Gasteiger partial charge in [0, 0.05) is 30.0 Å². The molecule has 3 rings (SSSR count). The normalized spacial score (nSPS) is 20.6. The van der Waals surface area contributed by atoms with Crippen molar-refractivity contribution in [3.05, 3.63) is 52.5 Å². The van der Waals surface area contributed by atoms with E-state index in [0.29, 0.717) is 0 Å². The zero-order valence-corrected chi connectivity index (χ0v) is 12.1. The second kappa shape index (κ2) is 5.86. The van der Waals surface area contributed by atoms with Crippen LogP contribution in [0.2, 0.25) is 0 Å². The number of hydrogen-bond acceptors (Lipinski definition) is 3. The van der Waals surface area contributed by atoms with Crippen LogP contribution in [-0.4, -0.2) is 34.6 Å². The minimum absolute atomic E-state index is 0.150. The van der Waals surface area contributed by atoms with Crippen LogP contribution in [0.25, 0.3) is 0 Å². The number of halogens is 1. The highest BCUT2D eigenvalue weighted by molar-refractivity contribution is 9.10. The van der Waals surface area contributed by atoms with Crippen molar-refractivity contribution in [2.75, 3.05) is 19.7 Å². The Bertz CT molecular complexity index is 512. The van der Waals surface area contributed by atoms with E-state index in [0.717, 1.165) is 36.5 Å². The number of rotatable bonds is 3. The van der Waals surface area contributed by atoms with E-state index in [-0.39, 0.29) is 6.10 Å². The molecular weight excluding hydrogens is 306 g/mol. The van der Waals surface area contributed by atoms with Crippen LogP contribution in [0.1, 0.15) is 17.5 Å². The van der Waals surface area contributed by atoms with Gasteiger partial charge in [-0.25, -0.2) is 4.98 Å². The molecule has 0 unspecified atom stereocenters. The lowest BCUT2D eigenvalue weighted by molar-refractivity contribution is -0.0336. The molecule has 1 saturated heterocycles. The number of benzene rings is 1. The van der Waals surface area contributed by atoms with Crippen molar-refractivity contribution >= 4 is 15.9 Å². The summed E-state index contributed by atoms with van der Waals surface area (Å²) in [5.74, 6) is 1.01. The number of H-pyrrole nitrogens is 1. The maximum atomic E-state index is 5.87. The molecule has 4 nitrogen and oxygen atoms in total. The summed E-state index contributed by atoms with van der Waals surface area (Å²) in [5.41, 5.74) is 1.23. The van der Waals surface area contributed by atoms with Gasteiger partial charge in [-0.05, 0) is 17.7 Å². The molecule has 19 heavy (non-hydrogen) atoms. The molecule has 0 bridgehead atoms. The van der Waals surface area contributed by atoms with Crippen LogP contribution >= 0.6 is 15.9 Å². The molecule has 0 amide bonds. The fourth-order valence-corrected chi connectivity index (χ4v) is 2.59. The van der Waals surface area contributed by atoms with Crippen LogP contribution < -0.4 is 0 Å². The maximum Gasteiger partial charge on any atom is 0.120 e. The third kappa shape index (κ3) is 3.23. The van der Waals surface area contributed by atoms with Crippen molar-refractivity contribution in [3.63, 3.8) is 0 Å². The molecule has 0 radical (unpaired) electrons. The third-order valence-corrected chi connectivity index (χ3v) is 3.85. The van der Waals surface area contributed by atoms with Crippen molar-refractivity contribution in [3.8, 4) is 0 Å². The maximum absolute atomic E-state index is 5.87. The van der Waals surface area contributed by atoms with E-state index >= 15 is 0 Å². The van der Waals surface area contributed by atoms with Gasteiger partial charge in [0.05, 0.1) is 19.3 Å². The molecule has 1 aliphatic heterocycles. The van der Waals surface area contributed by atoms with E-state index < -0.39 is 0 Å². The molecule has 0 aliphatic carbocycles. The summed E-state index contributed by atoms with van der Waals surface area (Å²) in [7, 11) is 0. The molecule has 2 heterocycles. The lowest BCUT2D eigenvalue weighted by Gasteiger charge is -2.32. The average molecular weight is 322 g/mol. The number of imidazole rings is 1. The van der Waals surface area contributed by atoms with Crippen LogP contribution in [-0.2, 0) is 11.3 Å². The van der Waals surface area contributed by atoms with Crippen molar-refractivity contribution in [2.24, 2.45) is 0 Å². The van der Waals surface area contributed by atoms with Gasteiger partial charge < -0.3 is 9.72 Å². The van der Waals surface area contributed by atoms with Gasteiger partial charge in [0.1, 0.15) is 5.82 Å². The van der Waals surface area contributed by atoms with Gasteiger partial charge in [-0.2, -0.15) is 0 Å². The number of aromatic nitrogens is 2. The van der Waals surface area contributed by atoms with Crippen LogP contribution in [0, 0.1) is 0 Å². The van der Waals surface area contributed by atoms with E-state index in [1.165, 1.54) is 5.56 Å². The van der Waals surface area contributed by atoms with Gasteiger partial charge in [-0.1, -0.05) is 28.1 Å². The summed E-state index contributed by atoms with van der Waals surface area (Å²) < 4.78 is 6.96. The summed E-state index contributed by atoms with van der Waals surface area (Å²) in [6, 6.07) is 8.35. The lowest BCUT2D eigenvalue weighted by Crippen LogP contribution is -2.38. The summed E-state index contributed by atoms with van der Waals surface area (Å²) >= 11 is 3.46. The lowest BCUT2D eigenvalue weighted by atomic mass is 10.1. The Hall–Kier alpha value is -1.17. The largest absolute Gasteiger partial charge is 0.371 e. The van der Waals surface area contributed by atoms with Crippen LogP contribution in [0.4, 0.5) is 0 Å². The number of ether oxygens (including phenoxy) is 1. The van der Waals surface area contributed by atoms with Crippen molar-refractivity contribution < 1.29 is 4.74 Å². The molecular formula is C14H16BrN3O. The fraction of sp³-hybridized carbons (Fsp3) is 0.357. The predicted octanol–water partition coefficient (Wildman–Crippen LogP) is 2.75. The highest BCUT2D eigenvalue weighted by Gasteiger charge is 2.22.